The van der Waals surface area contributed by atoms with Crippen LogP contribution < -0.4 is 10.9 Å². The lowest BCUT2D eigenvalue weighted by molar-refractivity contribution is -0.0294. The highest BCUT2D eigenvalue weighted by atomic mass is 19.1. The largest absolute Gasteiger partial charge is 0.388 e. The molecular formula is C25H24FN5O3. The fraction of sp³-hybridized carbons (Fsp3) is 0.240. The van der Waals surface area contributed by atoms with Gasteiger partial charge < -0.3 is 15.5 Å². The number of anilines is 1. The Kier molecular flexibility index (Phi) is 5.72. The summed E-state index contributed by atoms with van der Waals surface area (Å²) in [5.74, 6) is -0.0352. The van der Waals surface area contributed by atoms with E-state index in [2.05, 4.69) is 15.3 Å². The topological polar surface area (TPSA) is 105 Å². The van der Waals surface area contributed by atoms with Gasteiger partial charge in [-0.05, 0) is 36.2 Å². The first-order valence-electron chi connectivity index (χ1n) is 11.0. The summed E-state index contributed by atoms with van der Waals surface area (Å²) in [5, 5.41) is 23.8. The molecule has 1 aliphatic heterocycles. The van der Waals surface area contributed by atoms with Crippen LogP contribution in [0, 0.1) is 5.82 Å². The zero-order chi connectivity index (χ0) is 23.8. The van der Waals surface area contributed by atoms with Crippen LogP contribution in [0.5, 0.6) is 0 Å². The summed E-state index contributed by atoms with van der Waals surface area (Å²) in [5.41, 5.74) is 2.50. The molecule has 0 aliphatic carbocycles. The number of fused-ring (bicyclic) bond motifs is 1. The molecule has 0 saturated heterocycles. The van der Waals surface area contributed by atoms with Gasteiger partial charge in [-0.25, -0.2) is 19.0 Å². The van der Waals surface area contributed by atoms with E-state index in [0.29, 0.717) is 28.5 Å². The lowest BCUT2D eigenvalue weighted by atomic mass is 10.0. The van der Waals surface area contributed by atoms with Gasteiger partial charge in [-0.3, -0.25) is 9.48 Å². The maximum atomic E-state index is 13.6. The van der Waals surface area contributed by atoms with E-state index in [9.17, 15) is 19.4 Å². The Morgan fingerprint density at radius 1 is 1.00 bits per heavy atom. The van der Waals surface area contributed by atoms with Crippen molar-refractivity contribution in [3.63, 3.8) is 0 Å². The molecule has 3 heterocycles. The van der Waals surface area contributed by atoms with Crippen LogP contribution in [0.4, 0.5) is 10.3 Å². The van der Waals surface area contributed by atoms with Crippen molar-refractivity contribution in [2.75, 3.05) is 5.32 Å². The van der Waals surface area contributed by atoms with Crippen LogP contribution in [0.1, 0.15) is 18.5 Å². The maximum absolute atomic E-state index is 13.6. The van der Waals surface area contributed by atoms with Crippen LogP contribution in [0.15, 0.2) is 71.7 Å². The lowest BCUT2D eigenvalue weighted by Crippen LogP contribution is -2.44. The fourth-order valence-corrected chi connectivity index (χ4v) is 4.27. The lowest BCUT2D eigenvalue weighted by Gasteiger charge is -2.28. The molecule has 2 aromatic carbocycles. The molecule has 0 spiro atoms. The van der Waals surface area contributed by atoms with E-state index < -0.39 is 18.0 Å². The van der Waals surface area contributed by atoms with Crippen molar-refractivity contribution in [3.05, 3.63) is 88.6 Å². The Morgan fingerprint density at radius 2 is 1.68 bits per heavy atom. The summed E-state index contributed by atoms with van der Waals surface area (Å²) < 4.78 is 16.6. The normalized spacial score (nSPS) is 18.4. The van der Waals surface area contributed by atoms with Crippen LogP contribution in [0.3, 0.4) is 0 Å². The third kappa shape index (κ3) is 4.00. The smallest absolute Gasteiger partial charge is 0.275 e. The van der Waals surface area contributed by atoms with Gasteiger partial charge in [-0.15, -0.1) is 0 Å². The van der Waals surface area contributed by atoms with Crippen LogP contribution in [0.2, 0.25) is 0 Å². The molecular weight excluding hydrogens is 437 g/mol. The standard InChI is InChI=1S/C25H24FN5O3/c1-15(16-5-3-2-4-6-16)28-25-27-12-11-19(29-25)23-22(17-7-9-18(26)10-8-17)24(34)31-14-21(33)20(32)13-30(23)31/h2-12,15,20-21,32-33H,13-14H2,1H3,(H,27,28,29)/t15-,20?,21?/m0/s1. The number of aromatic nitrogens is 4. The van der Waals surface area contributed by atoms with Crippen molar-refractivity contribution in [1.29, 1.82) is 0 Å². The molecule has 5 rings (SSSR count). The Labute approximate surface area is 195 Å². The molecule has 3 N–H and O–H groups in total. The van der Waals surface area contributed by atoms with Crippen molar-refractivity contribution >= 4 is 5.95 Å². The second-order valence-corrected chi connectivity index (χ2v) is 8.38. The van der Waals surface area contributed by atoms with Crippen molar-refractivity contribution < 1.29 is 14.6 Å². The Balaban J connectivity index is 1.62. The summed E-state index contributed by atoms with van der Waals surface area (Å²) in [7, 11) is 0. The van der Waals surface area contributed by atoms with Gasteiger partial charge in [0.1, 0.15) is 18.0 Å². The van der Waals surface area contributed by atoms with Gasteiger partial charge in [-0.2, -0.15) is 0 Å². The van der Waals surface area contributed by atoms with Gasteiger partial charge in [0.05, 0.1) is 36.1 Å². The number of benzene rings is 2. The molecule has 0 saturated carbocycles. The zero-order valence-electron chi connectivity index (χ0n) is 18.5. The minimum Gasteiger partial charge on any atom is -0.388 e. The average Bonchev–Trinajstić information content (AvgIpc) is 3.12. The molecule has 174 valence electrons. The van der Waals surface area contributed by atoms with Crippen LogP contribution in [-0.2, 0) is 13.1 Å². The predicted molar refractivity (Wildman–Crippen MR) is 126 cm³/mol. The number of aliphatic hydroxyl groups is 2. The molecule has 2 aromatic heterocycles. The molecule has 9 heteroatoms. The van der Waals surface area contributed by atoms with Gasteiger partial charge in [0.2, 0.25) is 5.95 Å². The quantitative estimate of drug-likeness (QED) is 0.422. The zero-order valence-corrected chi connectivity index (χ0v) is 18.5. The van der Waals surface area contributed by atoms with E-state index in [4.69, 9.17) is 0 Å². The summed E-state index contributed by atoms with van der Waals surface area (Å²) in [6.07, 6.45) is -0.507. The second-order valence-electron chi connectivity index (χ2n) is 8.38. The van der Waals surface area contributed by atoms with Crippen molar-refractivity contribution in [3.8, 4) is 22.5 Å². The highest BCUT2D eigenvalue weighted by Crippen LogP contribution is 2.32. The number of nitrogens with one attached hydrogen (secondary N) is 1. The first-order valence-corrected chi connectivity index (χ1v) is 11.0. The van der Waals surface area contributed by atoms with E-state index in [1.54, 1.807) is 16.9 Å². The Bertz CT molecular complexity index is 1370. The number of hydrogen-bond acceptors (Lipinski definition) is 6. The fourth-order valence-electron chi connectivity index (χ4n) is 4.27. The SMILES string of the molecule is C[C@H](Nc1nccc(-c2c(-c3ccc(F)cc3)c(=O)n3n2CC(O)C(O)C3)n1)c1ccccc1. The molecule has 2 unspecified atom stereocenters. The van der Waals surface area contributed by atoms with Gasteiger partial charge >= 0.3 is 0 Å². The van der Waals surface area contributed by atoms with E-state index in [-0.39, 0.29) is 24.7 Å². The number of hydrogen-bond donors (Lipinski definition) is 3. The molecule has 3 atom stereocenters. The second kappa shape index (κ2) is 8.85. The van der Waals surface area contributed by atoms with Crippen molar-refractivity contribution in [1.82, 2.24) is 19.3 Å². The third-order valence-electron chi connectivity index (χ3n) is 6.08. The summed E-state index contributed by atoms with van der Waals surface area (Å²) >= 11 is 0. The number of rotatable bonds is 5. The van der Waals surface area contributed by atoms with E-state index in [1.165, 1.54) is 28.9 Å². The molecule has 0 amide bonds. The first kappa shape index (κ1) is 22.0. The summed E-state index contributed by atoms with van der Waals surface area (Å²) in [6.45, 7) is 1.95. The maximum Gasteiger partial charge on any atom is 0.275 e. The molecule has 8 nitrogen and oxygen atoms in total. The molecule has 0 bridgehead atoms. The highest BCUT2D eigenvalue weighted by molar-refractivity contribution is 5.79. The van der Waals surface area contributed by atoms with Crippen LogP contribution >= 0.6 is 0 Å². The molecule has 4 aromatic rings. The molecule has 34 heavy (non-hydrogen) atoms. The van der Waals surface area contributed by atoms with Gasteiger partial charge in [0, 0.05) is 6.20 Å². The number of nitrogens with zero attached hydrogens (tertiary/aromatic N) is 4. The minimum atomic E-state index is -1.07. The molecule has 0 radical (unpaired) electrons. The minimum absolute atomic E-state index is 0.0140. The monoisotopic (exact) mass is 461 g/mol. The van der Waals surface area contributed by atoms with Crippen molar-refractivity contribution in [2.45, 2.75) is 38.3 Å². The number of halogens is 1. The first-order chi connectivity index (χ1) is 16.4. The van der Waals surface area contributed by atoms with E-state index in [0.717, 1.165) is 5.56 Å². The Hall–Kier alpha value is -3.82. The van der Waals surface area contributed by atoms with E-state index in [1.807, 2.05) is 37.3 Å². The highest BCUT2D eigenvalue weighted by Gasteiger charge is 2.32. The Morgan fingerprint density at radius 3 is 2.38 bits per heavy atom. The molecule has 1 aliphatic rings. The third-order valence-corrected chi connectivity index (χ3v) is 6.08. The van der Waals surface area contributed by atoms with Crippen LogP contribution in [-0.4, -0.2) is 41.8 Å². The summed E-state index contributed by atoms with van der Waals surface area (Å²) in [4.78, 5) is 22.4. The van der Waals surface area contributed by atoms with Crippen molar-refractivity contribution in [2.24, 2.45) is 0 Å². The van der Waals surface area contributed by atoms with Gasteiger partial charge in [-0.1, -0.05) is 42.5 Å². The molecule has 0 fully saturated rings. The number of aliphatic hydroxyl groups excluding tert-OH is 2. The van der Waals surface area contributed by atoms with Crippen LogP contribution in [0.25, 0.3) is 22.5 Å². The van der Waals surface area contributed by atoms with E-state index >= 15 is 0 Å². The summed E-state index contributed by atoms with van der Waals surface area (Å²) in [6, 6.07) is 17.1. The van der Waals surface area contributed by atoms with Gasteiger partial charge in [0.25, 0.3) is 5.56 Å². The predicted octanol–water partition coefficient (Wildman–Crippen LogP) is 2.82. The average molecular weight is 461 g/mol. The van der Waals surface area contributed by atoms with Gasteiger partial charge in [0.15, 0.2) is 0 Å².